The summed E-state index contributed by atoms with van der Waals surface area (Å²) in [5.41, 5.74) is 0.946. The molecule has 1 saturated carbocycles. The number of likely N-dealkylation sites (N-methyl/N-ethyl adjacent to an activating group) is 1. The van der Waals surface area contributed by atoms with Gasteiger partial charge in [0.15, 0.2) is 0 Å². The second-order valence-corrected chi connectivity index (χ2v) is 5.35. The van der Waals surface area contributed by atoms with Crippen molar-refractivity contribution in [3.8, 4) is 0 Å². The molecule has 1 aromatic rings. The fourth-order valence-corrected chi connectivity index (χ4v) is 3.35. The minimum Gasteiger partial charge on any atom is -0.319 e. The number of rotatable bonds is 5. The van der Waals surface area contributed by atoms with Crippen LogP contribution in [0.4, 0.5) is 4.39 Å². The molecule has 0 atom stereocenters. The molecular weight excluding hydrogens is 213 g/mol. The van der Waals surface area contributed by atoms with Gasteiger partial charge < -0.3 is 5.32 Å². The minimum absolute atomic E-state index is 0.0416. The summed E-state index contributed by atoms with van der Waals surface area (Å²) in [7, 11) is 1.95. The molecule has 0 amide bonds. The predicted octanol–water partition coefficient (Wildman–Crippen LogP) is 3.49. The molecule has 0 spiro atoms. The Balaban J connectivity index is 2.17. The third-order valence-electron chi connectivity index (χ3n) is 4.02. The van der Waals surface area contributed by atoms with E-state index in [-0.39, 0.29) is 11.2 Å². The van der Waals surface area contributed by atoms with E-state index in [1.807, 2.05) is 19.2 Å². The van der Waals surface area contributed by atoms with E-state index in [0.29, 0.717) is 0 Å². The number of nitrogens with one attached hydrogen (secondary N) is 1. The molecular formula is C15H22FN. The highest BCUT2D eigenvalue weighted by Crippen LogP contribution is 2.49. The number of benzene rings is 1. The zero-order valence-electron chi connectivity index (χ0n) is 10.8. The maximum atomic E-state index is 13.9. The van der Waals surface area contributed by atoms with Gasteiger partial charge in [-0.25, -0.2) is 4.39 Å². The Morgan fingerprint density at radius 1 is 1.35 bits per heavy atom. The van der Waals surface area contributed by atoms with Crippen molar-refractivity contribution in [2.75, 3.05) is 13.6 Å². The number of hydrogen-bond donors (Lipinski definition) is 1. The van der Waals surface area contributed by atoms with Crippen molar-refractivity contribution in [3.05, 3.63) is 35.6 Å². The van der Waals surface area contributed by atoms with Crippen molar-refractivity contribution in [1.29, 1.82) is 0 Å². The molecule has 0 aliphatic heterocycles. The molecule has 2 rings (SSSR count). The van der Waals surface area contributed by atoms with Gasteiger partial charge in [-0.1, -0.05) is 38.0 Å². The van der Waals surface area contributed by atoms with Crippen LogP contribution < -0.4 is 5.32 Å². The summed E-state index contributed by atoms with van der Waals surface area (Å²) < 4.78 is 13.9. The van der Waals surface area contributed by atoms with E-state index >= 15 is 0 Å². The lowest BCUT2D eigenvalue weighted by Crippen LogP contribution is -2.48. The molecule has 1 aliphatic rings. The highest BCUT2D eigenvalue weighted by Gasteiger charge is 2.45. The fourth-order valence-electron chi connectivity index (χ4n) is 3.35. The van der Waals surface area contributed by atoms with Crippen LogP contribution in [-0.4, -0.2) is 13.6 Å². The molecule has 94 valence electrons. The highest BCUT2D eigenvalue weighted by atomic mass is 19.1. The van der Waals surface area contributed by atoms with Crippen molar-refractivity contribution < 1.29 is 4.39 Å². The van der Waals surface area contributed by atoms with Gasteiger partial charge in [0.2, 0.25) is 0 Å². The zero-order chi connectivity index (χ0) is 12.3. The summed E-state index contributed by atoms with van der Waals surface area (Å²) in [5.74, 6) is 0.741. The monoisotopic (exact) mass is 235 g/mol. The molecule has 2 heteroatoms. The van der Waals surface area contributed by atoms with Crippen LogP contribution in [0.5, 0.6) is 0 Å². The molecule has 1 aliphatic carbocycles. The lowest BCUT2D eigenvalue weighted by molar-refractivity contribution is 0.127. The molecule has 0 heterocycles. The van der Waals surface area contributed by atoms with E-state index in [9.17, 15) is 4.39 Å². The Bertz CT molecular complexity index is 369. The van der Waals surface area contributed by atoms with Gasteiger partial charge in [-0.15, -0.1) is 0 Å². The first kappa shape index (κ1) is 12.6. The minimum atomic E-state index is -0.0438. The second kappa shape index (κ2) is 5.18. The van der Waals surface area contributed by atoms with E-state index in [4.69, 9.17) is 0 Å². The Morgan fingerprint density at radius 2 is 2.06 bits per heavy atom. The lowest BCUT2D eigenvalue weighted by Gasteiger charge is -2.48. The van der Waals surface area contributed by atoms with Crippen molar-refractivity contribution in [2.24, 2.45) is 5.92 Å². The van der Waals surface area contributed by atoms with Crippen LogP contribution >= 0.6 is 0 Å². The van der Waals surface area contributed by atoms with Gasteiger partial charge in [-0.05, 0) is 37.4 Å². The topological polar surface area (TPSA) is 12.0 Å². The Kier molecular flexibility index (Phi) is 3.82. The number of hydrogen-bond acceptors (Lipinski definition) is 1. The summed E-state index contributed by atoms with van der Waals surface area (Å²) in [6.45, 7) is 3.11. The summed E-state index contributed by atoms with van der Waals surface area (Å²) in [4.78, 5) is 0. The first-order chi connectivity index (χ1) is 8.22. The summed E-state index contributed by atoms with van der Waals surface area (Å²) >= 11 is 0. The molecule has 1 N–H and O–H groups in total. The van der Waals surface area contributed by atoms with Gasteiger partial charge in [0.1, 0.15) is 5.82 Å². The van der Waals surface area contributed by atoms with E-state index in [2.05, 4.69) is 12.2 Å². The highest BCUT2D eigenvalue weighted by molar-refractivity contribution is 5.31. The van der Waals surface area contributed by atoms with Crippen molar-refractivity contribution in [3.63, 3.8) is 0 Å². The molecule has 1 aromatic carbocycles. The van der Waals surface area contributed by atoms with Crippen LogP contribution in [0.15, 0.2) is 24.3 Å². The summed E-state index contributed by atoms with van der Waals surface area (Å²) in [6.07, 6.45) is 4.77. The van der Waals surface area contributed by atoms with E-state index in [1.165, 1.54) is 12.8 Å². The van der Waals surface area contributed by atoms with E-state index < -0.39 is 0 Å². The third-order valence-corrected chi connectivity index (χ3v) is 4.02. The first-order valence-corrected chi connectivity index (χ1v) is 6.61. The van der Waals surface area contributed by atoms with Gasteiger partial charge in [0.25, 0.3) is 0 Å². The summed E-state index contributed by atoms with van der Waals surface area (Å²) in [5, 5.41) is 3.23. The van der Waals surface area contributed by atoms with Crippen molar-refractivity contribution in [2.45, 2.75) is 38.0 Å². The molecule has 0 aromatic heterocycles. The Morgan fingerprint density at radius 3 is 2.65 bits per heavy atom. The SMILES string of the molecule is CCCC1CC(CNC)(c2ccccc2F)C1. The van der Waals surface area contributed by atoms with Crippen LogP contribution in [0.25, 0.3) is 0 Å². The van der Waals surface area contributed by atoms with Gasteiger partial charge in [-0.3, -0.25) is 0 Å². The largest absolute Gasteiger partial charge is 0.319 e. The Labute approximate surface area is 103 Å². The molecule has 0 bridgehead atoms. The lowest BCUT2D eigenvalue weighted by atomic mass is 9.57. The van der Waals surface area contributed by atoms with Crippen LogP contribution in [0.3, 0.4) is 0 Å². The average molecular weight is 235 g/mol. The first-order valence-electron chi connectivity index (χ1n) is 6.61. The summed E-state index contributed by atoms with van der Waals surface area (Å²) in [6, 6.07) is 7.26. The fraction of sp³-hybridized carbons (Fsp3) is 0.600. The van der Waals surface area contributed by atoms with Gasteiger partial charge in [-0.2, -0.15) is 0 Å². The average Bonchev–Trinajstić information content (AvgIpc) is 2.27. The standard InChI is InChI=1S/C15H22FN/c1-3-6-12-9-15(10-12,11-17-2)13-7-4-5-8-14(13)16/h4-5,7-8,12,17H,3,6,9-11H2,1-2H3. The van der Waals surface area contributed by atoms with Gasteiger partial charge >= 0.3 is 0 Å². The molecule has 1 fully saturated rings. The van der Waals surface area contributed by atoms with Crippen LogP contribution in [0.1, 0.15) is 38.2 Å². The third kappa shape index (κ3) is 2.37. The maximum Gasteiger partial charge on any atom is 0.127 e. The number of halogens is 1. The smallest absolute Gasteiger partial charge is 0.127 e. The van der Waals surface area contributed by atoms with Gasteiger partial charge in [0, 0.05) is 12.0 Å². The maximum absolute atomic E-state index is 13.9. The van der Waals surface area contributed by atoms with Crippen LogP contribution in [0, 0.1) is 11.7 Å². The Hall–Kier alpha value is -0.890. The molecule has 0 saturated heterocycles. The predicted molar refractivity (Wildman–Crippen MR) is 69.6 cm³/mol. The quantitative estimate of drug-likeness (QED) is 0.823. The zero-order valence-corrected chi connectivity index (χ0v) is 10.8. The molecule has 0 unspecified atom stereocenters. The van der Waals surface area contributed by atoms with Crippen molar-refractivity contribution in [1.82, 2.24) is 5.32 Å². The second-order valence-electron chi connectivity index (χ2n) is 5.35. The van der Waals surface area contributed by atoms with Crippen LogP contribution in [0.2, 0.25) is 0 Å². The van der Waals surface area contributed by atoms with Gasteiger partial charge in [0.05, 0.1) is 0 Å². The molecule has 0 radical (unpaired) electrons. The molecule has 1 nitrogen and oxygen atoms in total. The van der Waals surface area contributed by atoms with E-state index in [0.717, 1.165) is 30.9 Å². The molecule has 17 heavy (non-hydrogen) atoms. The van der Waals surface area contributed by atoms with E-state index in [1.54, 1.807) is 12.1 Å². The van der Waals surface area contributed by atoms with Crippen molar-refractivity contribution >= 4 is 0 Å². The normalized spacial score (nSPS) is 27.8. The van der Waals surface area contributed by atoms with Crippen LogP contribution in [-0.2, 0) is 5.41 Å².